The number of carbonyl (C=O) groups is 2. The third-order valence-electron chi connectivity index (χ3n) is 5.41. The Bertz CT molecular complexity index is 1190. The summed E-state index contributed by atoms with van der Waals surface area (Å²) >= 11 is 1.29. The predicted molar refractivity (Wildman–Crippen MR) is 158 cm³/mol. The zero-order valence-corrected chi connectivity index (χ0v) is 25.5. The van der Waals surface area contributed by atoms with Crippen LogP contribution in [0.1, 0.15) is 52.7 Å². The molecule has 41 heavy (non-hydrogen) atoms. The van der Waals surface area contributed by atoms with Crippen molar-refractivity contribution >= 4 is 23.7 Å². The van der Waals surface area contributed by atoms with Gasteiger partial charge in [-0.25, -0.2) is 9.59 Å². The second-order valence-corrected chi connectivity index (χ2v) is 9.69. The number of rotatable bonds is 16. The number of esters is 2. The zero-order chi connectivity index (χ0) is 30.7. The van der Waals surface area contributed by atoms with Crippen LogP contribution in [0.25, 0.3) is 0 Å². The van der Waals surface area contributed by atoms with Crippen molar-refractivity contribution in [1.29, 1.82) is 0 Å². The lowest BCUT2D eigenvalue weighted by Gasteiger charge is -2.23. The summed E-state index contributed by atoms with van der Waals surface area (Å²) in [6.07, 6.45) is 0. The summed E-state index contributed by atoms with van der Waals surface area (Å²) < 4.78 is 35.1. The van der Waals surface area contributed by atoms with Crippen LogP contribution >= 0.6 is 11.8 Å². The van der Waals surface area contributed by atoms with Gasteiger partial charge in [0.1, 0.15) is 11.5 Å². The third-order valence-corrected chi connectivity index (χ3v) is 6.45. The summed E-state index contributed by atoms with van der Waals surface area (Å²) in [6.45, 7) is 19.0. The molecule has 2 aromatic rings. The molecule has 0 aliphatic heterocycles. The average Bonchev–Trinajstić information content (AvgIpc) is 2.93. The molecule has 0 aliphatic rings. The maximum atomic E-state index is 12.5. The number of ether oxygens (including phenoxy) is 6. The third kappa shape index (κ3) is 8.18. The van der Waals surface area contributed by atoms with Crippen molar-refractivity contribution in [3.63, 3.8) is 0 Å². The molecule has 0 spiro atoms. The van der Waals surface area contributed by atoms with E-state index in [4.69, 9.17) is 39.9 Å². The van der Waals surface area contributed by atoms with Crippen LogP contribution in [0, 0.1) is 0 Å². The lowest BCUT2D eigenvalue weighted by molar-refractivity contribution is -0.131. The van der Waals surface area contributed by atoms with Gasteiger partial charge in [-0.2, -0.15) is 0 Å². The van der Waals surface area contributed by atoms with E-state index in [0.717, 1.165) is 0 Å². The highest BCUT2D eigenvalue weighted by molar-refractivity contribution is 7.99. The Morgan fingerprint density at radius 2 is 1.00 bits per heavy atom. The molecule has 0 unspecified atom stereocenters. The molecule has 11 heteroatoms. The van der Waals surface area contributed by atoms with Crippen molar-refractivity contribution in [2.24, 2.45) is 11.5 Å². The summed E-state index contributed by atoms with van der Waals surface area (Å²) in [5.74, 6) is 0.553. The number of nitrogens with two attached hydrogens (primary N) is 2. The van der Waals surface area contributed by atoms with Crippen molar-refractivity contribution in [3.05, 3.63) is 47.6 Å². The van der Waals surface area contributed by atoms with Gasteiger partial charge in [0.25, 0.3) is 0 Å². The van der Waals surface area contributed by atoms with Gasteiger partial charge in [-0.15, -0.1) is 0 Å². The maximum absolute atomic E-state index is 12.5. The lowest BCUT2D eigenvalue weighted by Crippen LogP contribution is -2.15. The predicted octanol–water partition coefficient (Wildman–Crippen LogP) is 5.31. The van der Waals surface area contributed by atoms with Crippen molar-refractivity contribution in [1.82, 2.24) is 0 Å². The monoisotopic (exact) mass is 588 g/mol. The Hall–Kier alpha value is -3.67. The molecule has 0 bridgehead atoms. The van der Waals surface area contributed by atoms with Gasteiger partial charge in [0.2, 0.25) is 0 Å². The van der Waals surface area contributed by atoms with E-state index < -0.39 is 11.9 Å². The number of hydrogen-bond donors (Lipinski definition) is 2. The minimum atomic E-state index is -0.615. The highest BCUT2D eigenvalue weighted by atomic mass is 32.2. The van der Waals surface area contributed by atoms with E-state index in [0.29, 0.717) is 70.3 Å². The molecule has 0 heterocycles. The Balaban J connectivity index is 2.87. The fourth-order valence-corrected chi connectivity index (χ4v) is 4.77. The first kappa shape index (κ1) is 33.5. The van der Waals surface area contributed by atoms with E-state index in [-0.39, 0.29) is 35.7 Å². The van der Waals surface area contributed by atoms with Crippen LogP contribution in [0.3, 0.4) is 0 Å². The van der Waals surface area contributed by atoms with Crippen LogP contribution in [0.4, 0.5) is 0 Å². The number of carbonyl (C=O) groups excluding carboxylic acids is 2. The lowest BCUT2D eigenvalue weighted by atomic mass is 10.1. The van der Waals surface area contributed by atoms with E-state index in [1.807, 2.05) is 27.7 Å². The first-order valence-electron chi connectivity index (χ1n) is 13.3. The van der Waals surface area contributed by atoms with Crippen molar-refractivity contribution in [3.8, 4) is 34.5 Å². The largest absolute Gasteiger partial charge is 0.492 e. The second kappa shape index (κ2) is 15.9. The minimum absolute atomic E-state index is 0.00499. The summed E-state index contributed by atoms with van der Waals surface area (Å²) in [4.78, 5) is 26.2. The van der Waals surface area contributed by atoms with E-state index >= 15 is 0 Å². The fraction of sp³-hybridized carbons (Fsp3) is 0.400. The van der Waals surface area contributed by atoms with Crippen LogP contribution in [-0.2, 0) is 22.7 Å². The van der Waals surface area contributed by atoms with Crippen LogP contribution < -0.4 is 39.9 Å². The first-order chi connectivity index (χ1) is 19.6. The Labute approximate surface area is 245 Å². The highest BCUT2D eigenvalue weighted by Crippen LogP contribution is 2.51. The highest BCUT2D eigenvalue weighted by Gasteiger charge is 2.28. The average molecular weight is 589 g/mol. The van der Waals surface area contributed by atoms with Gasteiger partial charge in [0.05, 0.1) is 47.3 Å². The molecular formula is C30H40N2O8S. The molecule has 10 nitrogen and oxygen atoms in total. The van der Waals surface area contributed by atoms with Gasteiger partial charge in [0, 0.05) is 36.4 Å². The SMILES string of the molecule is C=C(C)C(=O)Oc1c(OCC)cc(Sc2cc(OCC)c(OC(=O)C(=C)C)c(CN)c2OCC)c(OCC)c1CN. The molecule has 0 saturated carbocycles. The molecular weight excluding hydrogens is 548 g/mol. The quantitative estimate of drug-likeness (QED) is 0.150. The molecule has 0 aromatic heterocycles. The van der Waals surface area contributed by atoms with Gasteiger partial charge >= 0.3 is 11.9 Å². The van der Waals surface area contributed by atoms with Crippen molar-refractivity contribution in [2.75, 3.05) is 26.4 Å². The van der Waals surface area contributed by atoms with Gasteiger partial charge in [-0.3, -0.25) is 0 Å². The molecule has 4 N–H and O–H groups in total. The van der Waals surface area contributed by atoms with E-state index in [2.05, 4.69) is 13.2 Å². The molecule has 2 aromatic carbocycles. The topological polar surface area (TPSA) is 142 Å². The zero-order valence-electron chi connectivity index (χ0n) is 24.6. The molecule has 0 radical (unpaired) electrons. The fourth-order valence-electron chi connectivity index (χ4n) is 3.66. The number of benzene rings is 2. The van der Waals surface area contributed by atoms with Gasteiger partial charge in [0.15, 0.2) is 23.0 Å². The standard InChI is InChI=1S/C30H40N2O8S/c1-9-35-21-13-23(27(37-11-3)19(15-31)25(21)39-29(33)17(5)6)41-24-14-22(36-10-2)26(40-30(34)18(7)8)20(16-32)28(24)38-12-4/h13-14H,5,7,9-12,15-16,31-32H2,1-4,6,8H3. The summed E-state index contributed by atoms with van der Waals surface area (Å²) in [5, 5.41) is 0. The van der Waals surface area contributed by atoms with Crippen LogP contribution in [0.2, 0.25) is 0 Å². The second-order valence-electron chi connectivity index (χ2n) is 8.60. The van der Waals surface area contributed by atoms with Crippen LogP contribution in [-0.4, -0.2) is 38.4 Å². The van der Waals surface area contributed by atoms with Crippen LogP contribution in [0.5, 0.6) is 34.5 Å². The molecule has 224 valence electrons. The van der Waals surface area contributed by atoms with Crippen molar-refractivity contribution < 1.29 is 38.0 Å². The van der Waals surface area contributed by atoms with Gasteiger partial charge in [-0.1, -0.05) is 24.9 Å². The molecule has 0 saturated heterocycles. The normalized spacial score (nSPS) is 10.5. The summed E-state index contributed by atoms with van der Waals surface area (Å²) in [7, 11) is 0. The van der Waals surface area contributed by atoms with E-state index in [1.165, 1.54) is 11.8 Å². The van der Waals surface area contributed by atoms with E-state index in [9.17, 15) is 9.59 Å². The molecule has 0 atom stereocenters. The Morgan fingerprint density at radius 1 is 0.659 bits per heavy atom. The van der Waals surface area contributed by atoms with Crippen molar-refractivity contribution in [2.45, 2.75) is 64.4 Å². The van der Waals surface area contributed by atoms with Gasteiger partial charge in [-0.05, 0) is 41.5 Å². The summed E-state index contributed by atoms with van der Waals surface area (Å²) in [5.41, 5.74) is 13.7. The smallest absolute Gasteiger partial charge is 0.338 e. The molecule has 0 aliphatic carbocycles. The molecule has 0 amide bonds. The maximum Gasteiger partial charge on any atom is 0.338 e. The first-order valence-corrected chi connectivity index (χ1v) is 14.1. The van der Waals surface area contributed by atoms with Gasteiger partial charge < -0.3 is 39.9 Å². The number of hydrogen-bond acceptors (Lipinski definition) is 11. The Morgan fingerprint density at radius 3 is 1.27 bits per heavy atom. The minimum Gasteiger partial charge on any atom is -0.492 e. The molecule has 2 rings (SSSR count). The van der Waals surface area contributed by atoms with E-state index in [1.54, 1.807) is 26.0 Å². The molecule has 0 fully saturated rings. The Kier molecular flexibility index (Phi) is 13.0. The van der Waals surface area contributed by atoms with Crippen LogP contribution in [0.15, 0.2) is 46.2 Å². The summed E-state index contributed by atoms with van der Waals surface area (Å²) in [6, 6.07) is 3.43.